The number of amides is 1. The van der Waals surface area contributed by atoms with E-state index in [1.54, 1.807) is 0 Å². The van der Waals surface area contributed by atoms with Crippen molar-refractivity contribution in [2.45, 2.75) is 70.1 Å². The Kier molecular flexibility index (Phi) is 4.03. The number of piperidine rings is 1. The number of rotatable bonds is 2. The molecule has 4 rings (SSSR count). The van der Waals surface area contributed by atoms with Crippen LogP contribution in [-0.2, 0) is 0 Å². The lowest BCUT2D eigenvalue weighted by Crippen LogP contribution is -2.66. The molecule has 1 aromatic rings. The summed E-state index contributed by atoms with van der Waals surface area (Å²) in [6.45, 7) is 6.65. The Morgan fingerprint density at radius 1 is 1.12 bits per heavy atom. The summed E-state index contributed by atoms with van der Waals surface area (Å²) >= 11 is 0. The normalized spacial score (nSPS) is 24.5. The van der Waals surface area contributed by atoms with Crippen LogP contribution in [0.3, 0.4) is 0 Å². The van der Waals surface area contributed by atoms with Gasteiger partial charge in [0.2, 0.25) is 0 Å². The van der Waals surface area contributed by atoms with Crippen LogP contribution in [0.25, 0.3) is 0 Å². The second kappa shape index (κ2) is 6.07. The monoisotopic (exact) mass is 327 g/mol. The molecule has 2 heterocycles. The average Bonchev–Trinajstić information content (AvgIpc) is 3.09. The number of benzene rings is 1. The highest BCUT2D eigenvalue weighted by Gasteiger charge is 2.49. The molecule has 1 aliphatic carbocycles. The van der Waals surface area contributed by atoms with E-state index in [4.69, 9.17) is 0 Å². The Bertz CT molecular complexity index is 613. The molecule has 1 spiro atoms. The molecule has 0 atom stereocenters. The largest absolute Gasteiger partial charge is 0.362 e. The van der Waals surface area contributed by atoms with Crippen molar-refractivity contribution in [1.82, 2.24) is 9.80 Å². The number of anilines is 1. The Hall–Kier alpha value is -1.55. The van der Waals surface area contributed by atoms with E-state index in [1.807, 2.05) is 18.2 Å². The first-order valence-corrected chi connectivity index (χ1v) is 9.56. The van der Waals surface area contributed by atoms with Gasteiger partial charge in [-0.3, -0.25) is 4.79 Å². The van der Waals surface area contributed by atoms with Crippen LogP contribution in [0.4, 0.5) is 5.69 Å². The third-order valence-corrected chi connectivity index (χ3v) is 6.25. The van der Waals surface area contributed by atoms with Gasteiger partial charge in [-0.1, -0.05) is 25.0 Å². The van der Waals surface area contributed by atoms with E-state index < -0.39 is 0 Å². The summed E-state index contributed by atoms with van der Waals surface area (Å²) in [5.74, 6) is 0.245. The number of carbonyl (C=O) groups excluding carboxylic acids is 1. The lowest BCUT2D eigenvalue weighted by atomic mass is 9.87. The van der Waals surface area contributed by atoms with E-state index in [0.29, 0.717) is 12.1 Å². The first kappa shape index (κ1) is 15.9. The van der Waals surface area contributed by atoms with Gasteiger partial charge in [0.25, 0.3) is 5.91 Å². The Labute approximate surface area is 145 Å². The van der Waals surface area contributed by atoms with Gasteiger partial charge < -0.3 is 15.1 Å². The smallest absolute Gasteiger partial charge is 0.258 e. The molecular formula is C20H29N3O. The highest BCUT2D eigenvalue weighted by molar-refractivity contribution is 6.02. The van der Waals surface area contributed by atoms with E-state index >= 15 is 0 Å². The summed E-state index contributed by atoms with van der Waals surface area (Å²) in [6.07, 6.45) is 6.86. The number of nitrogens with one attached hydrogen (secondary N) is 1. The molecule has 24 heavy (non-hydrogen) atoms. The van der Waals surface area contributed by atoms with E-state index in [2.05, 4.69) is 35.0 Å². The highest BCUT2D eigenvalue weighted by Crippen LogP contribution is 2.42. The fourth-order valence-electron chi connectivity index (χ4n) is 4.87. The van der Waals surface area contributed by atoms with Crippen LogP contribution in [-0.4, -0.2) is 46.5 Å². The van der Waals surface area contributed by atoms with Gasteiger partial charge in [0.15, 0.2) is 0 Å². The molecule has 2 fully saturated rings. The zero-order valence-corrected chi connectivity index (χ0v) is 14.9. The van der Waals surface area contributed by atoms with Crippen molar-refractivity contribution in [2.75, 3.05) is 18.4 Å². The molecular weight excluding hydrogens is 298 g/mol. The molecule has 0 bridgehead atoms. The van der Waals surface area contributed by atoms with Gasteiger partial charge >= 0.3 is 0 Å². The van der Waals surface area contributed by atoms with E-state index in [0.717, 1.165) is 50.0 Å². The maximum atomic E-state index is 13.4. The van der Waals surface area contributed by atoms with Gasteiger partial charge in [0.1, 0.15) is 5.66 Å². The summed E-state index contributed by atoms with van der Waals surface area (Å²) in [7, 11) is 0. The number of para-hydroxylation sites is 1. The van der Waals surface area contributed by atoms with E-state index in [1.165, 1.54) is 12.8 Å². The summed E-state index contributed by atoms with van der Waals surface area (Å²) in [5, 5.41) is 3.81. The van der Waals surface area contributed by atoms with Crippen molar-refractivity contribution < 1.29 is 4.79 Å². The van der Waals surface area contributed by atoms with Crippen molar-refractivity contribution >= 4 is 11.6 Å². The van der Waals surface area contributed by atoms with Crippen molar-refractivity contribution in [3.63, 3.8) is 0 Å². The molecule has 4 heteroatoms. The quantitative estimate of drug-likeness (QED) is 0.900. The van der Waals surface area contributed by atoms with Crippen molar-refractivity contribution in [3.8, 4) is 0 Å². The van der Waals surface area contributed by atoms with Crippen molar-refractivity contribution in [1.29, 1.82) is 0 Å². The van der Waals surface area contributed by atoms with Gasteiger partial charge in [-0.05, 0) is 38.8 Å². The van der Waals surface area contributed by atoms with Gasteiger partial charge in [0.05, 0.1) is 5.56 Å². The predicted octanol–water partition coefficient (Wildman–Crippen LogP) is 3.70. The highest BCUT2D eigenvalue weighted by atomic mass is 16.2. The number of carbonyl (C=O) groups is 1. The second-order valence-corrected chi connectivity index (χ2v) is 7.95. The summed E-state index contributed by atoms with van der Waals surface area (Å²) < 4.78 is 0. The average molecular weight is 327 g/mol. The van der Waals surface area contributed by atoms with Crippen LogP contribution in [0.5, 0.6) is 0 Å². The van der Waals surface area contributed by atoms with E-state index in [9.17, 15) is 4.79 Å². The third-order valence-electron chi connectivity index (χ3n) is 6.25. The molecule has 1 saturated heterocycles. The van der Waals surface area contributed by atoms with Gasteiger partial charge in [0, 0.05) is 43.7 Å². The van der Waals surface area contributed by atoms with Gasteiger partial charge in [-0.15, -0.1) is 0 Å². The van der Waals surface area contributed by atoms with Crippen molar-refractivity contribution in [2.24, 2.45) is 0 Å². The Morgan fingerprint density at radius 2 is 1.79 bits per heavy atom. The number of likely N-dealkylation sites (tertiary alicyclic amines) is 1. The number of fused-ring (bicyclic) bond motifs is 1. The summed E-state index contributed by atoms with van der Waals surface area (Å²) in [5.41, 5.74) is 1.68. The molecule has 1 saturated carbocycles. The van der Waals surface area contributed by atoms with Crippen LogP contribution in [0.2, 0.25) is 0 Å². The van der Waals surface area contributed by atoms with Crippen molar-refractivity contribution in [3.05, 3.63) is 29.8 Å². The first-order chi connectivity index (χ1) is 11.6. The maximum absolute atomic E-state index is 13.4. The SMILES string of the molecule is CC(C)N1CCC2(CC1)Nc1ccccc1C(=O)N2C1CCCC1. The number of nitrogens with zero attached hydrogens (tertiary/aromatic N) is 2. The molecule has 130 valence electrons. The molecule has 0 aromatic heterocycles. The minimum atomic E-state index is -0.189. The van der Waals surface area contributed by atoms with Crippen LogP contribution in [0.1, 0.15) is 62.7 Å². The Morgan fingerprint density at radius 3 is 2.46 bits per heavy atom. The molecule has 2 aliphatic heterocycles. The minimum Gasteiger partial charge on any atom is -0.362 e. The summed E-state index contributed by atoms with van der Waals surface area (Å²) in [6, 6.07) is 9.03. The molecule has 0 unspecified atom stereocenters. The first-order valence-electron chi connectivity index (χ1n) is 9.56. The number of hydrogen-bond donors (Lipinski definition) is 1. The van der Waals surface area contributed by atoms with Crippen LogP contribution < -0.4 is 5.32 Å². The maximum Gasteiger partial charge on any atom is 0.258 e. The third kappa shape index (κ3) is 2.52. The standard InChI is InChI=1S/C20H29N3O/c1-15(2)22-13-11-20(12-14-22)21-18-10-6-5-9-17(18)19(24)23(20)16-7-3-4-8-16/h5-6,9-10,15-16,21H,3-4,7-8,11-14H2,1-2H3. The molecule has 1 N–H and O–H groups in total. The summed E-state index contributed by atoms with van der Waals surface area (Å²) in [4.78, 5) is 18.1. The zero-order valence-electron chi connectivity index (χ0n) is 14.9. The molecule has 3 aliphatic rings. The van der Waals surface area contributed by atoms with E-state index in [-0.39, 0.29) is 11.6 Å². The molecule has 1 amide bonds. The second-order valence-electron chi connectivity index (χ2n) is 7.95. The van der Waals surface area contributed by atoms with Crippen LogP contribution >= 0.6 is 0 Å². The lowest BCUT2D eigenvalue weighted by molar-refractivity contribution is 0.00480. The lowest BCUT2D eigenvalue weighted by Gasteiger charge is -2.54. The van der Waals surface area contributed by atoms with Gasteiger partial charge in [-0.2, -0.15) is 0 Å². The minimum absolute atomic E-state index is 0.189. The Balaban J connectivity index is 1.69. The zero-order chi connectivity index (χ0) is 16.7. The van der Waals surface area contributed by atoms with Gasteiger partial charge in [-0.25, -0.2) is 0 Å². The predicted molar refractivity (Wildman–Crippen MR) is 97.2 cm³/mol. The number of hydrogen-bond acceptors (Lipinski definition) is 3. The van der Waals surface area contributed by atoms with Crippen LogP contribution in [0.15, 0.2) is 24.3 Å². The topological polar surface area (TPSA) is 35.6 Å². The molecule has 0 radical (unpaired) electrons. The molecule has 4 nitrogen and oxygen atoms in total. The fourth-order valence-corrected chi connectivity index (χ4v) is 4.87. The molecule has 1 aromatic carbocycles. The fraction of sp³-hybridized carbons (Fsp3) is 0.650. The van der Waals surface area contributed by atoms with Crippen LogP contribution in [0, 0.1) is 0 Å².